The lowest BCUT2D eigenvalue weighted by Crippen LogP contribution is -2.40. The highest BCUT2D eigenvalue weighted by Crippen LogP contribution is 2.22. The average Bonchev–Trinajstić information content (AvgIpc) is 2.77. The number of amides is 1. The van der Waals surface area contributed by atoms with Crippen LogP contribution in [-0.2, 0) is 11.2 Å². The number of nitrogens with zero attached hydrogens (tertiary/aromatic N) is 1. The zero-order valence-corrected chi connectivity index (χ0v) is 13.6. The summed E-state index contributed by atoms with van der Waals surface area (Å²) >= 11 is 0. The molecule has 0 fully saturated rings. The molecule has 4 nitrogen and oxygen atoms in total. The molecule has 1 aromatic carbocycles. The smallest absolute Gasteiger partial charge is 0.410 e. The zero-order valence-electron chi connectivity index (χ0n) is 13.6. The van der Waals surface area contributed by atoms with Crippen molar-refractivity contribution >= 4 is 17.1 Å². The zero-order chi connectivity index (χ0) is 16.5. The predicted octanol–water partition coefficient (Wildman–Crippen LogP) is 4.37. The molecule has 120 valence electrons. The number of likely N-dealkylation sites (N-methyl/N-ethyl adjacent to an activating group) is 1. The van der Waals surface area contributed by atoms with Gasteiger partial charge in [-0.2, -0.15) is 0 Å². The number of benzene rings is 1. The van der Waals surface area contributed by atoms with Crippen LogP contribution in [0.2, 0.25) is 0 Å². The van der Waals surface area contributed by atoms with E-state index < -0.39 is 5.60 Å². The maximum absolute atomic E-state index is 13.4. The molecule has 0 radical (unpaired) electrons. The number of hydrogen-bond donors (Lipinski definition) is 0. The summed E-state index contributed by atoms with van der Waals surface area (Å²) in [5, 5.41) is 0.469. The SMILES string of the molecule is CC(Cc1ccc2c(F)coc2c1)N(C)C(=O)OC(C)(C)C. The molecular formula is C17H22FNO3. The number of rotatable bonds is 3. The van der Waals surface area contributed by atoms with Crippen LogP contribution in [0.4, 0.5) is 9.18 Å². The fourth-order valence-electron chi connectivity index (χ4n) is 2.16. The van der Waals surface area contributed by atoms with Crippen molar-refractivity contribution in [1.82, 2.24) is 4.90 Å². The molecule has 1 heterocycles. The highest BCUT2D eigenvalue weighted by molar-refractivity contribution is 5.78. The molecule has 0 spiro atoms. The minimum Gasteiger partial charge on any atom is -0.461 e. The molecule has 1 unspecified atom stereocenters. The molecule has 1 atom stereocenters. The first-order valence-corrected chi connectivity index (χ1v) is 7.29. The number of hydrogen-bond acceptors (Lipinski definition) is 3. The lowest BCUT2D eigenvalue weighted by molar-refractivity contribution is 0.0236. The maximum atomic E-state index is 13.4. The summed E-state index contributed by atoms with van der Waals surface area (Å²) in [5.74, 6) is -0.361. The van der Waals surface area contributed by atoms with Gasteiger partial charge < -0.3 is 14.1 Å². The number of fused-ring (bicyclic) bond motifs is 1. The van der Waals surface area contributed by atoms with Crippen LogP contribution in [0.15, 0.2) is 28.9 Å². The van der Waals surface area contributed by atoms with Gasteiger partial charge in [-0.05, 0) is 51.8 Å². The van der Waals surface area contributed by atoms with Gasteiger partial charge in [0.05, 0.1) is 5.39 Å². The Hall–Kier alpha value is -2.04. The minimum atomic E-state index is -0.518. The Morgan fingerprint density at radius 3 is 2.73 bits per heavy atom. The maximum Gasteiger partial charge on any atom is 0.410 e. The van der Waals surface area contributed by atoms with Crippen LogP contribution in [0.5, 0.6) is 0 Å². The van der Waals surface area contributed by atoms with Gasteiger partial charge in [-0.1, -0.05) is 6.07 Å². The molecule has 1 amide bonds. The van der Waals surface area contributed by atoms with Crippen LogP contribution in [0, 0.1) is 5.82 Å². The van der Waals surface area contributed by atoms with E-state index >= 15 is 0 Å². The van der Waals surface area contributed by atoms with Crippen LogP contribution >= 0.6 is 0 Å². The van der Waals surface area contributed by atoms with Crippen LogP contribution in [0.3, 0.4) is 0 Å². The summed E-state index contributed by atoms with van der Waals surface area (Å²) in [6.45, 7) is 7.45. The van der Waals surface area contributed by atoms with Crippen molar-refractivity contribution in [1.29, 1.82) is 0 Å². The fraction of sp³-hybridized carbons (Fsp3) is 0.471. The van der Waals surface area contributed by atoms with Gasteiger partial charge in [0.2, 0.25) is 0 Å². The molecule has 2 rings (SSSR count). The minimum absolute atomic E-state index is 0.0490. The van der Waals surface area contributed by atoms with Gasteiger partial charge in [-0.3, -0.25) is 0 Å². The second kappa shape index (κ2) is 5.99. The quantitative estimate of drug-likeness (QED) is 0.845. The molecule has 1 aromatic heterocycles. The van der Waals surface area contributed by atoms with Gasteiger partial charge in [0, 0.05) is 13.1 Å². The van der Waals surface area contributed by atoms with Crippen LogP contribution in [0.25, 0.3) is 11.0 Å². The molecule has 0 aliphatic carbocycles. The highest BCUT2D eigenvalue weighted by Gasteiger charge is 2.23. The van der Waals surface area contributed by atoms with Crippen LogP contribution < -0.4 is 0 Å². The second-order valence-corrected chi connectivity index (χ2v) is 6.56. The molecule has 0 saturated heterocycles. The van der Waals surface area contributed by atoms with Crippen molar-refractivity contribution in [2.45, 2.75) is 45.8 Å². The summed E-state index contributed by atoms with van der Waals surface area (Å²) in [6.07, 6.45) is 1.38. The Kier molecular flexibility index (Phi) is 4.44. The Morgan fingerprint density at radius 1 is 1.41 bits per heavy atom. The van der Waals surface area contributed by atoms with Gasteiger partial charge in [-0.25, -0.2) is 9.18 Å². The number of halogens is 1. The van der Waals surface area contributed by atoms with Gasteiger partial charge in [0.25, 0.3) is 0 Å². The Balaban J connectivity index is 2.06. The largest absolute Gasteiger partial charge is 0.461 e. The summed E-state index contributed by atoms with van der Waals surface area (Å²) in [6, 6.07) is 5.30. The highest BCUT2D eigenvalue weighted by atomic mass is 19.1. The van der Waals surface area contributed by atoms with E-state index in [0.29, 0.717) is 17.4 Å². The first-order valence-electron chi connectivity index (χ1n) is 7.29. The van der Waals surface area contributed by atoms with Crippen molar-refractivity contribution in [2.75, 3.05) is 7.05 Å². The molecule has 0 bridgehead atoms. The fourth-order valence-corrected chi connectivity index (χ4v) is 2.16. The monoisotopic (exact) mass is 307 g/mol. The third-order valence-corrected chi connectivity index (χ3v) is 3.47. The second-order valence-electron chi connectivity index (χ2n) is 6.56. The summed E-state index contributed by atoms with van der Waals surface area (Å²) in [4.78, 5) is 13.6. The molecule has 0 saturated carbocycles. The van der Waals surface area contributed by atoms with E-state index in [4.69, 9.17) is 9.15 Å². The van der Waals surface area contributed by atoms with E-state index in [0.717, 1.165) is 11.8 Å². The Morgan fingerprint density at radius 2 is 2.09 bits per heavy atom. The van der Waals surface area contributed by atoms with E-state index in [1.165, 1.54) is 0 Å². The number of ether oxygens (including phenoxy) is 1. The van der Waals surface area contributed by atoms with Crippen molar-refractivity contribution in [2.24, 2.45) is 0 Å². The molecule has 0 N–H and O–H groups in total. The third-order valence-electron chi connectivity index (χ3n) is 3.47. The van der Waals surface area contributed by atoms with Gasteiger partial charge in [-0.15, -0.1) is 0 Å². The van der Waals surface area contributed by atoms with Gasteiger partial charge in [0.15, 0.2) is 5.82 Å². The normalized spacial score (nSPS) is 13.2. The number of furan rings is 1. The molecule has 0 aliphatic heterocycles. The van der Waals surface area contributed by atoms with Crippen molar-refractivity contribution in [3.05, 3.63) is 35.8 Å². The number of carbonyl (C=O) groups is 1. The Labute approximate surface area is 129 Å². The van der Waals surface area contributed by atoms with Crippen molar-refractivity contribution in [3.8, 4) is 0 Å². The first kappa shape index (κ1) is 16.3. The molecule has 2 aromatic rings. The third kappa shape index (κ3) is 3.78. The van der Waals surface area contributed by atoms with E-state index in [-0.39, 0.29) is 18.0 Å². The Bertz CT molecular complexity index is 672. The number of carbonyl (C=O) groups excluding carboxylic acids is 1. The topological polar surface area (TPSA) is 42.7 Å². The predicted molar refractivity (Wildman–Crippen MR) is 83.3 cm³/mol. The molecule has 5 heteroatoms. The van der Waals surface area contributed by atoms with Crippen molar-refractivity contribution in [3.63, 3.8) is 0 Å². The van der Waals surface area contributed by atoms with Crippen LogP contribution in [0.1, 0.15) is 33.3 Å². The van der Waals surface area contributed by atoms with Crippen molar-refractivity contribution < 1.29 is 18.3 Å². The van der Waals surface area contributed by atoms with Gasteiger partial charge >= 0.3 is 6.09 Å². The lowest BCUT2D eigenvalue weighted by Gasteiger charge is -2.28. The lowest BCUT2D eigenvalue weighted by atomic mass is 10.1. The van der Waals surface area contributed by atoms with E-state index in [1.54, 1.807) is 24.1 Å². The average molecular weight is 307 g/mol. The van der Waals surface area contributed by atoms with Gasteiger partial charge in [0.1, 0.15) is 17.4 Å². The van der Waals surface area contributed by atoms with E-state index in [2.05, 4.69) is 0 Å². The van der Waals surface area contributed by atoms with E-state index in [9.17, 15) is 9.18 Å². The first-order chi connectivity index (χ1) is 10.2. The summed E-state index contributed by atoms with van der Waals surface area (Å²) < 4.78 is 23.9. The summed E-state index contributed by atoms with van der Waals surface area (Å²) in [7, 11) is 1.71. The van der Waals surface area contributed by atoms with E-state index in [1.807, 2.05) is 33.8 Å². The summed E-state index contributed by atoms with van der Waals surface area (Å²) in [5.41, 5.74) is 0.974. The molecule has 22 heavy (non-hydrogen) atoms. The molecular weight excluding hydrogens is 285 g/mol. The molecule has 0 aliphatic rings. The van der Waals surface area contributed by atoms with Crippen LogP contribution in [-0.4, -0.2) is 29.7 Å². The standard InChI is InChI=1S/C17H22FNO3/c1-11(19(5)16(20)22-17(2,3)4)8-12-6-7-13-14(18)10-21-15(13)9-12/h6-7,9-11H,8H2,1-5H3.